The Morgan fingerprint density at radius 2 is 2.06 bits per heavy atom. The summed E-state index contributed by atoms with van der Waals surface area (Å²) in [6, 6.07) is 7.28. The molecule has 0 aromatic heterocycles. The highest BCUT2D eigenvalue weighted by molar-refractivity contribution is 7.89. The van der Waals surface area contributed by atoms with Crippen LogP contribution in [0, 0.1) is 6.92 Å². The first kappa shape index (κ1) is 13.5. The molecule has 5 heteroatoms. The molecule has 0 bridgehead atoms. The van der Waals surface area contributed by atoms with Gasteiger partial charge >= 0.3 is 0 Å². The van der Waals surface area contributed by atoms with Crippen molar-refractivity contribution in [3.8, 4) is 0 Å². The molecule has 100 valence electrons. The van der Waals surface area contributed by atoms with Crippen LogP contribution in [-0.2, 0) is 10.0 Å². The first-order chi connectivity index (χ1) is 8.41. The smallest absolute Gasteiger partial charge is 0.243 e. The quantitative estimate of drug-likeness (QED) is 0.881. The summed E-state index contributed by atoms with van der Waals surface area (Å²) >= 11 is 0. The van der Waals surface area contributed by atoms with Crippen LogP contribution >= 0.6 is 0 Å². The Labute approximate surface area is 109 Å². The molecule has 2 unspecified atom stereocenters. The van der Waals surface area contributed by atoms with Gasteiger partial charge in [0.1, 0.15) is 0 Å². The largest absolute Gasteiger partial charge is 0.311 e. The first-order valence-electron chi connectivity index (χ1n) is 6.23. The maximum Gasteiger partial charge on any atom is 0.243 e. The van der Waals surface area contributed by atoms with Gasteiger partial charge in [0.15, 0.2) is 0 Å². The number of hydrogen-bond acceptors (Lipinski definition) is 3. The second-order valence-corrected chi connectivity index (χ2v) is 6.94. The van der Waals surface area contributed by atoms with E-state index in [1.165, 1.54) is 0 Å². The topological polar surface area (TPSA) is 49.4 Å². The summed E-state index contributed by atoms with van der Waals surface area (Å²) in [6.07, 6.45) is 0. The fourth-order valence-electron chi connectivity index (χ4n) is 2.23. The van der Waals surface area contributed by atoms with Gasteiger partial charge in [-0.1, -0.05) is 12.1 Å². The van der Waals surface area contributed by atoms with Gasteiger partial charge in [-0.15, -0.1) is 0 Å². The van der Waals surface area contributed by atoms with Crippen molar-refractivity contribution in [3.63, 3.8) is 0 Å². The third-order valence-electron chi connectivity index (χ3n) is 3.30. The summed E-state index contributed by atoms with van der Waals surface area (Å²) in [5.74, 6) is 0. The second-order valence-electron chi connectivity index (χ2n) is 5.05. The third kappa shape index (κ3) is 2.58. The molecular formula is C13H20N2O2S. The Kier molecular flexibility index (Phi) is 3.75. The van der Waals surface area contributed by atoms with E-state index in [9.17, 15) is 8.42 Å². The normalized spacial score (nSPS) is 26.2. The third-order valence-corrected chi connectivity index (χ3v) is 5.28. The first-order valence-corrected chi connectivity index (χ1v) is 7.67. The van der Waals surface area contributed by atoms with Crippen LogP contribution in [0.1, 0.15) is 19.4 Å². The van der Waals surface area contributed by atoms with Crippen molar-refractivity contribution in [1.29, 1.82) is 0 Å². The molecule has 18 heavy (non-hydrogen) atoms. The van der Waals surface area contributed by atoms with Crippen molar-refractivity contribution in [2.24, 2.45) is 0 Å². The molecule has 0 amide bonds. The van der Waals surface area contributed by atoms with Crippen LogP contribution in [0.5, 0.6) is 0 Å². The number of piperazine rings is 1. The van der Waals surface area contributed by atoms with Crippen molar-refractivity contribution < 1.29 is 8.42 Å². The van der Waals surface area contributed by atoms with Crippen LogP contribution in [-0.4, -0.2) is 37.9 Å². The fourth-order valence-corrected chi connectivity index (χ4v) is 4.06. The molecule has 1 heterocycles. The monoisotopic (exact) mass is 268 g/mol. The average Bonchev–Trinajstić information content (AvgIpc) is 2.32. The minimum atomic E-state index is -3.37. The van der Waals surface area contributed by atoms with Crippen molar-refractivity contribution in [3.05, 3.63) is 29.8 Å². The zero-order chi connectivity index (χ0) is 13.3. The molecule has 1 aliphatic rings. The molecule has 2 rings (SSSR count). The number of sulfonamides is 1. The highest BCUT2D eigenvalue weighted by atomic mass is 32.2. The zero-order valence-electron chi connectivity index (χ0n) is 11.1. The van der Waals surface area contributed by atoms with Crippen LogP contribution in [0.15, 0.2) is 29.2 Å². The molecule has 1 aromatic rings. The minimum Gasteiger partial charge on any atom is -0.311 e. The molecule has 0 spiro atoms. The van der Waals surface area contributed by atoms with Gasteiger partial charge in [-0.05, 0) is 38.5 Å². The lowest BCUT2D eigenvalue weighted by Gasteiger charge is -2.36. The van der Waals surface area contributed by atoms with Gasteiger partial charge in [-0.25, -0.2) is 8.42 Å². The molecule has 2 atom stereocenters. The van der Waals surface area contributed by atoms with E-state index in [2.05, 4.69) is 5.32 Å². The Morgan fingerprint density at radius 1 is 1.33 bits per heavy atom. The number of aryl methyl sites for hydroxylation is 1. The number of hydrogen-bond donors (Lipinski definition) is 1. The SMILES string of the molecule is Cc1cccc(S(=O)(=O)N2CC(C)NCC2C)c1. The van der Waals surface area contributed by atoms with E-state index in [0.717, 1.165) is 5.56 Å². The molecule has 1 aromatic carbocycles. The summed E-state index contributed by atoms with van der Waals surface area (Å²) in [5.41, 5.74) is 0.965. The number of nitrogens with zero attached hydrogens (tertiary/aromatic N) is 1. The highest BCUT2D eigenvalue weighted by Crippen LogP contribution is 2.21. The van der Waals surface area contributed by atoms with E-state index in [1.807, 2.05) is 26.8 Å². The second kappa shape index (κ2) is 4.99. The van der Waals surface area contributed by atoms with Gasteiger partial charge < -0.3 is 5.32 Å². The molecular weight excluding hydrogens is 248 g/mol. The maximum atomic E-state index is 12.6. The number of rotatable bonds is 2. The summed E-state index contributed by atoms with van der Waals surface area (Å²) in [7, 11) is -3.37. The van der Waals surface area contributed by atoms with Gasteiger partial charge in [-0.3, -0.25) is 0 Å². The molecule has 1 saturated heterocycles. The molecule has 0 aliphatic carbocycles. The van der Waals surface area contributed by atoms with Gasteiger partial charge in [0.05, 0.1) is 4.90 Å². The van der Waals surface area contributed by atoms with E-state index in [-0.39, 0.29) is 12.1 Å². The average molecular weight is 268 g/mol. The van der Waals surface area contributed by atoms with Gasteiger partial charge in [0.25, 0.3) is 0 Å². The van der Waals surface area contributed by atoms with Crippen molar-refractivity contribution >= 4 is 10.0 Å². The molecule has 1 aliphatic heterocycles. The number of nitrogens with one attached hydrogen (secondary N) is 1. The lowest BCUT2D eigenvalue weighted by molar-refractivity contribution is 0.244. The van der Waals surface area contributed by atoms with E-state index in [4.69, 9.17) is 0 Å². The Bertz CT molecular complexity index is 528. The molecule has 1 fully saturated rings. The summed E-state index contributed by atoms with van der Waals surface area (Å²) < 4.78 is 26.8. The van der Waals surface area contributed by atoms with E-state index in [0.29, 0.717) is 18.0 Å². The maximum absolute atomic E-state index is 12.6. The van der Waals surface area contributed by atoms with Crippen molar-refractivity contribution in [2.45, 2.75) is 37.8 Å². The highest BCUT2D eigenvalue weighted by Gasteiger charge is 2.33. The summed E-state index contributed by atoms with van der Waals surface area (Å²) in [6.45, 7) is 7.07. The zero-order valence-corrected chi connectivity index (χ0v) is 11.9. The number of benzene rings is 1. The summed E-state index contributed by atoms with van der Waals surface area (Å²) in [4.78, 5) is 0.392. The molecule has 1 N–H and O–H groups in total. The van der Waals surface area contributed by atoms with Crippen LogP contribution in [0.3, 0.4) is 0 Å². The summed E-state index contributed by atoms with van der Waals surface area (Å²) in [5, 5.41) is 3.29. The Morgan fingerprint density at radius 3 is 2.72 bits per heavy atom. The van der Waals surface area contributed by atoms with Crippen LogP contribution in [0.4, 0.5) is 0 Å². The van der Waals surface area contributed by atoms with Gasteiger partial charge in [-0.2, -0.15) is 4.31 Å². The Balaban J connectivity index is 2.35. The molecule has 0 saturated carbocycles. The van der Waals surface area contributed by atoms with Crippen LogP contribution < -0.4 is 5.32 Å². The minimum absolute atomic E-state index is 0.00767. The standard InChI is InChI=1S/C13H20N2O2S/c1-10-5-4-6-13(7-10)18(16,17)15-9-11(2)14-8-12(15)3/h4-7,11-12,14H,8-9H2,1-3H3. The van der Waals surface area contributed by atoms with Gasteiger partial charge in [0, 0.05) is 25.2 Å². The lowest BCUT2D eigenvalue weighted by atomic mass is 10.2. The Hall–Kier alpha value is -0.910. The van der Waals surface area contributed by atoms with Crippen LogP contribution in [0.2, 0.25) is 0 Å². The van der Waals surface area contributed by atoms with E-state index >= 15 is 0 Å². The van der Waals surface area contributed by atoms with Crippen molar-refractivity contribution in [2.75, 3.05) is 13.1 Å². The van der Waals surface area contributed by atoms with E-state index in [1.54, 1.807) is 22.5 Å². The molecule has 4 nitrogen and oxygen atoms in total. The lowest BCUT2D eigenvalue weighted by Crippen LogP contribution is -2.56. The predicted molar refractivity (Wildman–Crippen MR) is 72.0 cm³/mol. The molecule has 0 radical (unpaired) electrons. The van der Waals surface area contributed by atoms with Crippen LogP contribution in [0.25, 0.3) is 0 Å². The predicted octanol–water partition coefficient (Wildman–Crippen LogP) is 1.37. The van der Waals surface area contributed by atoms with E-state index < -0.39 is 10.0 Å². The fraction of sp³-hybridized carbons (Fsp3) is 0.538. The van der Waals surface area contributed by atoms with Crippen molar-refractivity contribution in [1.82, 2.24) is 9.62 Å². The van der Waals surface area contributed by atoms with Gasteiger partial charge in [0.2, 0.25) is 10.0 Å².